The SMILES string of the molecule is CCOC(=O)[C@H](C)Oc1ccc2c(c1)OC(=Cc1cccc(C)c1)C2=O. The van der Waals surface area contributed by atoms with Crippen molar-refractivity contribution >= 4 is 17.8 Å². The van der Waals surface area contributed by atoms with E-state index in [2.05, 4.69) is 0 Å². The number of aryl methyl sites for hydroxylation is 1. The molecule has 0 saturated carbocycles. The number of ketones is 1. The van der Waals surface area contributed by atoms with Gasteiger partial charge < -0.3 is 14.2 Å². The van der Waals surface area contributed by atoms with Crippen LogP contribution in [0.1, 0.15) is 35.3 Å². The number of esters is 1. The Morgan fingerprint density at radius 2 is 2.04 bits per heavy atom. The molecule has 3 rings (SSSR count). The maximum Gasteiger partial charge on any atom is 0.347 e. The molecule has 5 heteroatoms. The first-order valence-corrected chi connectivity index (χ1v) is 8.46. The van der Waals surface area contributed by atoms with Crippen LogP contribution in [0.4, 0.5) is 0 Å². The molecule has 1 aliphatic heterocycles. The summed E-state index contributed by atoms with van der Waals surface area (Å²) in [5.74, 6) is 0.508. The van der Waals surface area contributed by atoms with E-state index in [9.17, 15) is 9.59 Å². The van der Waals surface area contributed by atoms with Crippen molar-refractivity contribution in [3.8, 4) is 11.5 Å². The predicted octanol–water partition coefficient (Wildman–Crippen LogP) is 3.94. The number of Topliss-reactive ketones (excluding diaryl/α,β-unsaturated/α-hetero) is 1. The number of rotatable bonds is 5. The van der Waals surface area contributed by atoms with E-state index in [-0.39, 0.29) is 11.5 Å². The Balaban J connectivity index is 1.79. The van der Waals surface area contributed by atoms with Gasteiger partial charge in [-0.2, -0.15) is 0 Å². The molecule has 0 amide bonds. The monoisotopic (exact) mass is 352 g/mol. The first-order valence-electron chi connectivity index (χ1n) is 8.46. The van der Waals surface area contributed by atoms with Crippen LogP contribution < -0.4 is 9.47 Å². The number of carbonyl (C=O) groups is 2. The van der Waals surface area contributed by atoms with Gasteiger partial charge in [0.25, 0.3) is 0 Å². The Bertz CT molecular complexity index is 882. The fraction of sp³-hybridized carbons (Fsp3) is 0.238. The molecule has 5 nitrogen and oxygen atoms in total. The average Bonchev–Trinajstić information content (AvgIpc) is 2.90. The molecule has 0 aromatic heterocycles. The van der Waals surface area contributed by atoms with Crippen LogP contribution in [0.25, 0.3) is 6.08 Å². The number of allylic oxidation sites excluding steroid dienone is 1. The van der Waals surface area contributed by atoms with Crippen molar-refractivity contribution in [3.63, 3.8) is 0 Å². The van der Waals surface area contributed by atoms with Gasteiger partial charge in [-0.1, -0.05) is 29.8 Å². The van der Waals surface area contributed by atoms with E-state index in [0.29, 0.717) is 23.7 Å². The van der Waals surface area contributed by atoms with Crippen LogP contribution in [-0.4, -0.2) is 24.5 Å². The summed E-state index contributed by atoms with van der Waals surface area (Å²) in [4.78, 5) is 24.2. The number of ether oxygens (including phenoxy) is 3. The van der Waals surface area contributed by atoms with Crippen molar-refractivity contribution in [2.45, 2.75) is 26.9 Å². The molecule has 0 unspecified atom stereocenters. The molecule has 0 aliphatic carbocycles. The number of hydrogen-bond donors (Lipinski definition) is 0. The summed E-state index contributed by atoms with van der Waals surface area (Å²) >= 11 is 0. The van der Waals surface area contributed by atoms with Crippen LogP contribution in [0.2, 0.25) is 0 Å². The van der Waals surface area contributed by atoms with E-state index in [0.717, 1.165) is 11.1 Å². The van der Waals surface area contributed by atoms with Gasteiger partial charge in [-0.05, 0) is 44.5 Å². The topological polar surface area (TPSA) is 61.8 Å². The highest BCUT2D eigenvalue weighted by Crippen LogP contribution is 2.35. The standard InChI is InChI=1S/C21H20O5/c1-4-24-21(23)14(3)25-16-8-9-17-18(12-16)26-19(20(17)22)11-15-7-5-6-13(2)10-15/h5-12,14H,4H2,1-3H3/t14-/m0/s1. The van der Waals surface area contributed by atoms with Crippen LogP contribution in [0.15, 0.2) is 48.2 Å². The Morgan fingerprint density at radius 3 is 2.77 bits per heavy atom. The molecule has 1 atom stereocenters. The van der Waals surface area contributed by atoms with E-state index in [1.54, 1.807) is 38.1 Å². The van der Waals surface area contributed by atoms with Crippen molar-refractivity contribution in [3.05, 3.63) is 64.9 Å². The van der Waals surface area contributed by atoms with Crippen molar-refractivity contribution in [2.75, 3.05) is 6.61 Å². The smallest absolute Gasteiger partial charge is 0.347 e. The third kappa shape index (κ3) is 3.77. The molecular weight excluding hydrogens is 332 g/mol. The third-order valence-electron chi connectivity index (χ3n) is 3.91. The van der Waals surface area contributed by atoms with Gasteiger partial charge >= 0.3 is 5.97 Å². The zero-order valence-corrected chi connectivity index (χ0v) is 14.9. The van der Waals surface area contributed by atoms with E-state index in [4.69, 9.17) is 14.2 Å². The second-order valence-corrected chi connectivity index (χ2v) is 6.02. The molecule has 1 aliphatic rings. The van der Waals surface area contributed by atoms with Crippen LogP contribution in [0, 0.1) is 6.92 Å². The van der Waals surface area contributed by atoms with Gasteiger partial charge in [0.2, 0.25) is 5.78 Å². The zero-order valence-electron chi connectivity index (χ0n) is 14.9. The summed E-state index contributed by atoms with van der Waals surface area (Å²) in [6, 6.07) is 12.7. The largest absolute Gasteiger partial charge is 0.479 e. The van der Waals surface area contributed by atoms with E-state index in [1.165, 1.54) is 0 Å². The maximum atomic E-state index is 12.5. The van der Waals surface area contributed by atoms with Crippen molar-refractivity contribution in [1.82, 2.24) is 0 Å². The van der Waals surface area contributed by atoms with Gasteiger partial charge in [0.05, 0.1) is 12.2 Å². The van der Waals surface area contributed by atoms with Crippen LogP contribution in [0.5, 0.6) is 11.5 Å². The quantitative estimate of drug-likeness (QED) is 0.602. The minimum atomic E-state index is -0.743. The van der Waals surface area contributed by atoms with Gasteiger partial charge in [0.1, 0.15) is 11.5 Å². The highest BCUT2D eigenvalue weighted by Gasteiger charge is 2.28. The summed E-state index contributed by atoms with van der Waals surface area (Å²) in [6.07, 6.45) is 0.976. The highest BCUT2D eigenvalue weighted by molar-refractivity contribution is 6.14. The summed E-state index contributed by atoms with van der Waals surface area (Å²) in [7, 11) is 0. The molecule has 0 bridgehead atoms. The Morgan fingerprint density at radius 1 is 1.23 bits per heavy atom. The summed E-state index contributed by atoms with van der Waals surface area (Å²) in [6.45, 7) is 5.63. The maximum absolute atomic E-state index is 12.5. The number of carbonyl (C=O) groups excluding carboxylic acids is 2. The second-order valence-electron chi connectivity index (χ2n) is 6.02. The van der Waals surface area contributed by atoms with Crippen molar-refractivity contribution < 1.29 is 23.8 Å². The molecule has 0 fully saturated rings. The fourth-order valence-corrected chi connectivity index (χ4v) is 2.66. The molecule has 2 aromatic carbocycles. The van der Waals surface area contributed by atoms with E-state index < -0.39 is 12.1 Å². The number of hydrogen-bond acceptors (Lipinski definition) is 5. The molecular formula is C21H20O5. The molecule has 134 valence electrons. The second kappa shape index (κ2) is 7.44. The molecule has 0 saturated heterocycles. The van der Waals surface area contributed by atoms with E-state index in [1.807, 2.05) is 31.2 Å². The molecule has 0 spiro atoms. The first kappa shape index (κ1) is 17.7. The Labute approximate surface area is 152 Å². The molecule has 2 aromatic rings. The van der Waals surface area contributed by atoms with Gasteiger partial charge in [-0.3, -0.25) is 4.79 Å². The molecule has 0 N–H and O–H groups in total. The summed E-state index contributed by atoms with van der Waals surface area (Å²) in [5.41, 5.74) is 2.47. The lowest BCUT2D eigenvalue weighted by Crippen LogP contribution is -2.26. The van der Waals surface area contributed by atoms with E-state index >= 15 is 0 Å². The summed E-state index contributed by atoms with van der Waals surface area (Å²) < 4.78 is 16.2. The lowest BCUT2D eigenvalue weighted by molar-refractivity contribution is -0.150. The fourth-order valence-electron chi connectivity index (χ4n) is 2.66. The Hall–Kier alpha value is -3.08. The number of benzene rings is 2. The lowest BCUT2D eigenvalue weighted by atomic mass is 10.1. The molecule has 26 heavy (non-hydrogen) atoms. The van der Waals surface area contributed by atoms with Gasteiger partial charge in [0.15, 0.2) is 11.9 Å². The Kier molecular flexibility index (Phi) is 5.07. The third-order valence-corrected chi connectivity index (χ3v) is 3.91. The molecule has 0 radical (unpaired) electrons. The number of fused-ring (bicyclic) bond motifs is 1. The minimum Gasteiger partial charge on any atom is -0.479 e. The first-order chi connectivity index (χ1) is 12.5. The van der Waals surface area contributed by atoms with Gasteiger partial charge in [-0.25, -0.2) is 4.79 Å². The van der Waals surface area contributed by atoms with Gasteiger partial charge in [0, 0.05) is 6.07 Å². The zero-order chi connectivity index (χ0) is 18.7. The highest BCUT2D eigenvalue weighted by atomic mass is 16.6. The minimum absolute atomic E-state index is 0.175. The average molecular weight is 352 g/mol. The lowest BCUT2D eigenvalue weighted by Gasteiger charge is -2.13. The van der Waals surface area contributed by atoms with Crippen LogP contribution in [-0.2, 0) is 9.53 Å². The van der Waals surface area contributed by atoms with Crippen LogP contribution >= 0.6 is 0 Å². The molecule has 1 heterocycles. The summed E-state index contributed by atoms with van der Waals surface area (Å²) in [5, 5.41) is 0. The van der Waals surface area contributed by atoms with Gasteiger partial charge in [-0.15, -0.1) is 0 Å². The normalized spacial score (nSPS) is 15.3. The predicted molar refractivity (Wildman–Crippen MR) is 97.3 cm³/mol. The van der Waals surface area contributed by atoms with Crippen molar-refractivity contribution in [1.29, 1.82) is 0 Å². The van der Waals surface area contributed by atoms with Crippen LogP contribution in [0.3, 0.4) is 0 Å². The van der Waals surface area contributed by atoms with Crippen molar-refractivity contribution in [2.24, 2.45) is 0 Å².